The number of nitrogens with one attached hydrogen (secondary N) is 1. The van der Waals surface area contributed by atoms with Gasteiger partial charge in [-0.1, -0.05) is 29.8 Å². The fourth-order valence-electron chi connectivity index (χ4n) is 1.61. The lowest BCUT2D eigenvalue weighted by molar-refractivity contribution is 0.480. The van der Waals surface area contributed by atoms with Crippen molar-refractivity contribution in [2.45, 2.75) is 26.9 Å². The fourth-order valence-corrected chi connectivity index (χ4v) is 1.61. The Hall–Kier alpha value is -1.54. The van der Waals surface area contributed by atoms with Gasteiger partial charge in [0, 0.05) is 6.54 Å². The quantitative estimate of drug-likeness (QED) is 0.847. The zero-order valence-electron chi connectivity index (χ0n) is 9.79. The van der Waals surface area contributed by atoms with Gasteiger partial charge in [0.2, 0.25) is 0 Å². The van der Waals surface area contributed by atoms with Crippen molar-refractivity contribution >= 4 is 0 Å². The summed E-state index contributed by atoms with van der Waals surface area (Å²) in [5, 5.41) is 3.37. The minimum atomic E-state index is 0.784. The molecule has 1 N–H and O–H groups in total. The van der Waals surface area contributed by atoms with Gasteiger partial charge >= 0.3 is 0 Å². The molecule has 0 atom stereocenters. The highest BCUT2D eigenvalue weighted by Crippen LogP contribution is 2.08. The minimum Gasteiger partial charge on any atom is -0.468 e. The lowest BCUT2D eigenvalue weighted by Crippen LogP contribution is -2.12. The predicted molar refractivity (Wildman–Crippen MR) is 65.2 cm³/mol. The summed E-state index contributed by atoms with van der Waals surface area (Å²) in [7, 11) is 0. The van der Waals surface area contributed by atoms with Crippen molar-refractivity contribution in [2.75, 3.05) is 0 Å². The maximum Gasteiger partial charge on any atom is 0.120 e. The van der Waals surface area contributed by atoms with Gasteiger partial charge in [-0.3, -0.25) is 0 Å². The van der Waals surface area contributed by atoms with Crippen LogP contribution in [0.2, 0.25) is 0 Å². The summed E-state index contributed by atoms with van der Waals surface area (Å²) in [5.41, 5.74) is 3.80. The number of hydrogen-bond donors (Lipinski definition) is 1. The lowest BCUT2D eigenvalue weighted by Gasteiger charge is -2.04. The number of aryl methyl sites for hydroxylation is 2. The molecule has 0 saturated heterocycles. The largest absolute Gasteiger partial charge is 0.468 e. The summed E-state index contributed by atoms with van der Waals surface area (Å²) in [5.74, 6) is 1.02. The van der Waals surface area contributed by atoms with Gasteiger partial charge in [0.15, 0.2) is 0 Å². The third-order valence-electron chi connectivity index (χ3n) is 2.70. The van der Waals surface area contributed by atoms with Crippen molar-refractivity contribution in [3.8, 4) is 0 Å². The number of hydrogen-bond acceptors (Lipinski definition) is 2. The zero-order chi connectivity index (χ0) is 11.4. The van der Waals surface area contributed by atoms with E-state index in [1.807, 2.05) is 6.07 Å². The standard InChI is InChI=1S/C14H17NO/c1-11-3-5-13(6-4-11)9-15-10-14-12(2)7-8-16-14/h3-8,15H,9-10H2,1-2H3. The van der Waals surface area contributed by atoms with Gasteiger partial charge < -0.3 is 9.73 Å². The van der Waals surface area contributed by atoms with Crippen molar-refractivity contribution in [2.24, 2.45) is 0 Å². The molecule has 0 spiro atoms. The molecule has 0 radical (unpaired) electrons. The van der Waals surface area contributed by atoms with Crippen LogP contribution in [-0.4, -0.2) is 0 Å². The van der Waals surface area contributed by atoms with Crippen molar-refractivity contribution < 1.29 is 4.42 Å². The second kappa shape index (κ2) is 4.99. The summed E-state index contributed by atoms with van der Waals surface area (Å²) < 4.78 is 5.36. The average molecular weight is 215 g/mol. The first-order chi connectivity index (χ1) is 7.75. The highest BCUT2D eigenvalue weighted by molar-refractivity contribution is 5.21. The van der Waals surface area contributed by atoms with Gasteiger partial charge in [-0.25, -0.2) is 0 Å². The van der Waals surface area contributed by atoms with Crippen molar-refractivity contribution in [1.82, 2.24) is 5.32 Å². The van der Waals surface area contributed by atoms with E-state index in [1.165, 1.54) is 16.7 Å². The summed E-state index contributed by atoms with van der Waals surface area (Å²) in [6.45, 7) is 5.82. The SMILES string of the molecule is Cc1ccc(CNCc2occc2C)cc1. The Morgan fingerprint density at radius 2 is 1.75 bits per heavy atom. The van der Waals surface area contributed by atoms with Crippen LogP contribution in [0.15, 0.2) is 41.0 Å². The van der Waals surface area contributed by atoms with E-state index in [4.69, 9.17) is 4.42 Å². The molecule has 1 aromatic carbocycles. The molecule has 0 fully saturated rings. The van der Waals surface area contributed by atoms with Crippen molar-refractivity contribution in [3.05, 3.63) is 59.0 Å². The van der Waals surface area contributed by atoms with Crippen LogP contribution in [0, 0.1) is 13.8 Å². The highest BCUT2D eigenvalue weighted by atomic mass is 16.3. The molecule has 0 saturated carbocycles. The summed E-state index contributed by atoms with van der Waals surface area (Å²) >= 11 is 0. The molecule has 1 heterocycles. The second-order valence-electron chi connectivity index (χ2n) is 4.12. The first kappa shape index (κ1) is 11.0. The van der Waals surface area contributed by atoms with E-state index in [0.717, 1.165) is 18.8 Å². The zero-order valence-corrected chi connectivity index (χ0v) is 9.79. The molecule has 1 aromatic heterocycles. The molecular weight excluding hydrogens is 198 g/mol. The van der Waals surface area contributed by atoms with Crippen LogP contribution in [0.4, 0.5) is 0 Å². The van der Waals surface area contributed by atoms with Crippen LogP contribution < -0.4 is 5.32 Å². The van der Waals surface area contributed by atoms with Crippen LogP contribution in [-0.2, 0) is 13.1 Å². The van der Waals surface area contributed by atoms with Gasteiger partial charge in [-0.15, -0.1) is 0 Å². The maximum atomic E-state index is 5.36. The molecule has 0 bridgehead atoms. The third kappa shape index (κ3) is 2.74. The van der Waals surface area contributed by atoms with E-state index >= 15 is 0 Å². The van der Waals surface area contributed by atoms with E-state index < -0.39 is 0 Å². The van der Waals surface area contributed by atoms with Gasteiger partial charge in [-0.05, 0) is 31.0 Å². The normalized spacial score (nSPS) is 10.6. The summed E-state index contributed by atoms with van der Waals surface area (Å²) in [6.07, 6.45) is 1.73. The molecule has 0 unspecified atom stereocenters. The van der Waals surface area contributed by atoms with E-state index in [0.29, 0.717) is 0 Å². The Labute approximate surface area is 96.3 Å². The Balaban J connectivity index is 1.84. The van der Waals surface area contributed by atoms with Gasteiger partial charge in [0.1, 0.15) is 5.76 Å². The van der Waals surface area contributed by atoms with Crippen molar-refractivity contribution in [1.29, 1.82) is 0 Å². The van der Waals surface area contributed by atoms with E-state index in [-0.39, 0.29) is 0 Å². The maximum absolute atomic E-state index is 5.36. The molecule has 84 valence electrons. The lowest BCUT2D eigenvalue weighted by atomic mass is 10.1. The predicted octanol–water partition coefficient (Wildman–Crippen LogP) is 3.19. The molecular formula is C14H17NO. The molecule has 2 aromatic rings. The highest BCUT2D eigenvalue weighted by Gasteiger charge is 2.00. The number of benzene rings is 1. The smallest absolute Gasteiger partial charge is 0.120 e. The van der Waals surface area contributed by atoms with E-state index in [1.54, 1.807) is 6.26 Å². The topological polar surface area (TPSA) is 25.2 Å². The summed E-state index contributed by atoms with van der Waals surface area (Å²) in [4.78, 5) is 0. The number of rotatable bonds is 4. The molecule has 0 aliphatic rings. The number of furan rings is 1. The molecule has 0 aliphatic carbocycles. The van der Waals surface area contributed by atoms with Crippen LogP contribution in [0.5, 0.6) is 0 Å². The van der Waals surface area contributed by atoms with Gasteiger partial charge in [0.25, 0.3) is 0 Å². The van der Waals surface area contributed by atoms with Gasteiger partial charge in [0.05, 0.1) is 12.8 Å². The van der Waals surface area contributed by atoms with Crippen LogP contribution in [0.1, 0.15) is 22.5 Å². The molecule has 0 amide bonds. The molecule has 0 aliphatic heterocycles. The fraction of sp³-hybridized carbons (Fsp3) is 0.286. The Kier molecular flexibility index (Phi) is 3.42. The average Bonchev–Trinajstić information content (AvgIpc) is 2.68. The monoisotopic (exact) mass is 215 g/mol. The minimum absolute atomic E-state index is 0.784. The molecule has 2 nitrogen and oxygen atoms in total. The van der Waals surface area contributed by atoms with Crippen LogP contribution in [0.25, 0.3) is 0 Å². The van der Waals surface area contributed by atoms with Crippen LogP contribution in [0.3, 0.4) is 0 Å². The molecule has 2 rings (SSSR count). The van der Waals surface area contributed by atoms with Gasteiger partial charge in [-0.2, -0.15) is 0 Å². The Bertz CT molecular complexity index is 442. The van der Waals surface area contributed by atoms with E-state index in [2.05, 4.69) is 43.4 Å². The van der Waals surface area contributed by atoms with Crippen LogP contribution >= 0.6 is 0 Å². The molecule has 16 heavy (non-hydrogen) atoms. The molecule has 2 heteroatoms. The third-order valence-corrected chi connectivity index (χ3v) is 2.70. The van der Waals surface area contributed by atoms with Crippen molar-refractivity contribution in [3.63, 3.8) is 0 Å². The second-order valence-corrected chi connectivity index (χ2v) is 4.12. The Morgan fingerprint density at radius 1 is 1.00 bits per heavy atom. The Morgan fingerprint density at radius 3 is 2.38 bits per heavy atom. The first-order valence-corrected chi connectivity index (χ1v) is 5.55. The van der Waals surface area contributed by atoms with E-state index in [9.17, 15) is 0 Å². The summed E-state index contributed by atoms with van der Waals surface area (Å²) in [6, 6.07) is 10.6. The first-order valence-electron chi connectivity index (χ1n) is 5.55.